The number of nitrogens with zero attached hydrogens (tertiary/aromatic N) is 2. The number of hydrogen-bond acceptors (Lipinski definition) is 6. The van der Waals surface area contributed by atoms with E-state index in [0.29, 0.717) is 28.6 Å². The van der Waals surface area contributed by atoms with Gasteiger partial charge in [-0.25, -0.2) is 4.79 Å². The predicted molar refractivity (Wildman–Crippen MR) is 86.0 cm³/mol. The number of anilines is 1. The van der Waals surface area contributed by atoms with Gasteiger partial charge in [0.2, 0.25) is 11.8 Å². The second kappa shape index (κ2) is 5.59. The van der Waals surface area contributed by atoms with Crippen molar-refractivity contribution in [1.29, 1.82) is 0 Å². The van der Waals surface area contributed by atoms with Crippen LogP contribution in [-0.2, 0) is 14.3 Å². The minimum absolute atomic E-state index is 0.0408. The minimum atomic E-state index is -0.771. The Morgan fingerprint density at radius 2 is 1.96 bits per heavy atom. The number of cyclic esters (lactones) is 1. The van der Waals surface area contributed by atoms with Crippen LogP contribution in [0.15, 0.2) is 39.8 Å². The standard InChI is InChI=1S/C17H17N3O4/c1-9-13(16(22)24-17(9,3)4)14(21)18-12-7-5-6-11(8-12)15-20-19-10(2)23-15/h5-8H,1-4H3,(H,18,21). The average molecular weight is 327 g/mol. The molecule has 1 aromatic carbocycles. The van der Waals surface area contributed by atoms with Crippen molar-refractivity contribution in [2.45, 2.75) is 33.3 Å². The zero-order valence-corrected chi connectivity index (χ0v) is 13.8. The van der Waals surface area contributed by atoms with E-state index >= 15 is 0 Å². The lowest BCUT2D eigenvalue weighted by atomic mass is 9.97. The van der Waals surface area contributed by atoms with Gasteiger partial charge >= 0.3 is 5.97 Å². The van der Waals surface area contributed by atoms with Gasteiger partial charge in [-0.1, -0.05) is 6.07 Å². The second-order valence-corrected chi connectivity index (χ2v) is 6.06. The third-order valence-electron chi connectivity index (χ3n) is 3.95. The van der Waals surface area contributed by atoms with Crippen molar-refractivity contribution in [3.63, 3.8) is 0 Å². The van der Waals surface area contributed by atoms with E-state index in [9.17, 15) is 9.59 Å². The van der Waals surface area contributed by atoms with Crippen molar-refractivity contribution >= 4 is 17.6 Å². The zero-order chi connectivity index (χ0) is 17.5. The van der Waals surface area contributed by atoms with Crippen LogP contribution in [0, 0.1) is 6.92 Å². The fourth-order valence-electron chi connectivity index (χ4n) is 2.41. The highest BCUT2D eigenvalue weighted by Crippen LogP contribution is 2.32. The van der Waals surface area contributed by atoms with E-state index in [0.717, 1.165) is 0 Å². The van der Waals surface area contributed by atoms with E-state index in [1.54, 1.807) is 52.0 Å². The molecule has 24 heavy (non-hydrogen) atoms. The normalized spacial score (nSPS) is 16.2. The summed E-state index contributed by atoms with van der Waals surface area (Å²) in [7, 11) is 0. The van der Waals surface area contributed by atoms with Crippen molar-refractivity contribution in [1.82, 2.24) is 10.2 Å². The molecule has 0 radical (unpaired) electrons. The van der Waals surface area contributed by atoms with Gasteiger partial charge < -0.3 is 14.5 Å². The van der Waals surface area contributed by atoms with Crippen LogP contribution in [0.1, 0.15) is 26.7 Å². The highest BCUT2D eigenvalue weighted by atomic mass is 16.6. The Labute approximate surface area is 138 Å². The number of carbonyl (C=O) groups excluding carboxylic acids is 2. The molecule has 2 aromatic rings. The maximum atomic E-state index is 12.5. The first-order valence-corrected chi connectivity index (χ1v) is 7.44. The van der Waals surface area contributed by atoms with Crippen LogP contribution in [-0.4, -0.2) is 27.7 Å². The number of amides is 1. The summed E-state index contributed by atoms with van der Waals surface area (Å²) in [6.45, 7) is 6.92. The number of ether oxygens (including phenoxy) is 1. The fraction of sp³-hybridized carbons (Fsp3) is 0.294. The topological polar surface area (TPSA) is 94.3 Å². The lowest BCUT2D eigenvalue weighted by molar-refractivity contribution is -0.145. The summed E-state index contributed by atoms with van der Waals surface area (Å²) in [5.74, 6) is -0.294. The van der Waals surface area contributed by atoms with Gasteiger partial charge in [0, 0.05) is 18.2 Å². The van der Waals surface area contributed by atoms with E-state index in [1.807, 2.05) is 0 Å². The van der Waals surface area contributed by atoms with Crippen LogP contribution >= 0.6 is 0 Å². The van der Waals surface area contributed by atoms with Gasteiger partial charge in [0.1, 0.15) is 11.2 Å². The molecule has 0 bridgehead atoms. The van der Waals surface area contributed by atoms with Crippen LogP contribution < -0.4 is 5.32 Å². The maximum Gasteiger partial charge on any atom is 0.344 e. The molecule has 1 aromatic heterocycles. The maximum absolute atomic E-state index is 12.5. The third-order valence-corrected chi connectivity index (χ3v) is 3.95. The van der Waals surface area contributed by atoms with Crippen molar-refractivity contribution in [2.75, 3.05) is 5.32 Å². The molecule has 3 rings (SSSR count). The van der Waals surface area contributed by atoms with Crippen LogP contribution in [0.3, 0.4) is 0 Å². The van der Waals surface area contributed by atoms with Crippen LogP contribution in [0.2, 0.25) is 0 Å². The quantitative estimate of drug-likeness (QED) is 0.688. The smallest absolute Gasteiger partial charge is 0.344 e. The molecular formula is C17H17N3O4. The van der Waals surface area contributed by atoms with E-state index in [2.05, 4.69) is 15.5 Å². The first kappa shape index (κ1) is 15.9. The number of benzene rings is 1. The van der Waals surface area contributed by atoms with Crippen LogP contribution in [0.25, 0.3) is 11.5 Å². The number of aryl methyl sites for hydroxylation is 1. The molecule has 7 nitrogen and oxygen atoms in total. The Morgan fingerprint density at radius 1 is 1.21 bits per heavy atom. The molecule has 0 saturated heterocycles. The van der Waals surface area contributed by atoms with E-state index in [1.165, 1.54) is 0 Å². The van der Waals surface area contributed by atoms with E-state index < -0.39 is 17.5 Å². The Hall–Kier alpha value is -2.96. The summed E-state index contributed by atoms with van der Waals surface area (Å²) in [6.07, 6.45) is 0. The number of carbonyl (C=O) groups is 2. The highest BCUT2D eigenvalue weighted by Gasteiger charge is 2.40. The number of rotatable bonds is 3. The third kappa shape index (κ3) is 2.80. The van der Waals surface area contributed by atoms with Crippen molar-refractivity contribution < 1.29 is 18.7 Å². The van der Waals surface area contributed by atoms with Crippen LogP contribution in [0.5, 0.6) is 0 Å². The highest BCUT2D eigenvalue weighted by molar-refractivity contribution is 6.23. The van der Waals surface area contributed by atoms with Gasteiger partial charge in [-0.15, -0.1) is 10.2 Å². The molecule has 0 fully saturated rings. The Balaban J connectivity index is 1.86. The molecular weight excluding hydrogens is 310 g/mol. The van der Waals surface area contributed by atoms with Gasteiger partial charge in [-0.3, -0.25) is 4.79 Å². The molecule has 0 aliphatic carbocycles. The second-order valence-electron chi connectivity index (χ2n) is 6.06. The Bertz CT molecular complexity index is 864. The summed E-state index contributed by atoms with van der Waals surface area (Å²) in [5, 5.41) is 10.4. The van der Waals surface area contributed by atoms with Gasteiger partial charge in [-0.2, -0.15) is 0 Å². The number of esters is 1. The van der Waals surface area contributed by atoms with Gasteiger partial charge in [0.25, 0.3) is 5.91 Å². The summed E-state index contributed by atoms with van der Waals surface area (Å²) in [6, 6.07) is 6.96. The molecule has 0 atom stereocenters. The SMILES string of the molecule is CC1=C(C(=O)Nc2cccc(-c3nnc(C)o3)c2)C(=O)OC1(C)C. The van der Waals surface area contributed by atoms with Gasteiger partial charge in [0.15, 0.2) is 0 Å². The average Bonchev–Trinajstić information content (AvgIpc) is 3.01. The number of nitrogens with one attached hydrogen (secondary N) is 1. The minimum Gasteiger partial charge on any atom is -0.451 e. The molecule has 124 valence electrons. The fourth-order valence-corrected chi connectivity index (χ4v) is 2.41. The van der Waals surface area contributed by atoms with Crippen molar-refractivity contribution in [3.8, 4) is 11.5 Å². The van der Waals surface area contributed by atoms with E-state index in [4.69, 9.17) is 9.15 Å². The molecule has 0 unspecified atom stereocenters. The summed E-state index contributed by atoms with van der Waals surface area (Å²) >= 11 is 0. The van der Waals surface area contributed by atoms with E-state index in [-0.39, 0.29) is 5.57 Å². The zero-order valence-electron chi connectivity index (χ0n) is 13.8. The Morgan fingerprint density at radius 3 is 2.54 bits per heavy atom. The number of hydrogen-bond donors (Lipinski definition) is 1. The monoisotopic (exact) mass is 327 g/mol. The summed E-state index contributed by atoms with van der Waals surface area (Å²) in [5.41, 5.74) is 1.07. The molecule has 1 aliphatic heterocycles. The molecule has 7 heteroatoms. The largest absolute Gasteiger partial charge is 0.451 e. The molecule has 1 N–H and O–H groups in total. The lowest BCUT2D eigenvalue weighted by Gasteiger charge is -2.17. The predicted octanol–water partition coefficient (Wildman–Crippen LogP) is 2.64. The lowest BCUT2D eigenvalue weighted by Crippen LogP contribution is -2.21. The first-order valence-electron chi connectivity index (χ1n) is 7.44. The molecule has 0 spiro atoms. The van der Waals surface area contributed by atoms with Crippen molar-refractivity contribution in [2.24, 2.45) is 0 Å². The van der Waals surface area contributed by atoms with Crippen LogP contribution in [0.4, 0.5) is 5.69 Å². The Kier molecular flexibility index (Phi) is 3.71. The molecule has 1 aliphatic rings. The number of aromatic nitrogens is 2. The first-order chi connectivity index (χ1) is 11.3. The molecule has 1 amide bonds. The van der Waals surface area contributed by atoms with Gasteiger partial charge in [0.05, 0.1) is 0 Å². The molecule has 2 heterocycles. The van der Waals surface area contributed by atoms with Gasteiger partial charge in [-0.05, 0) is 44.5 Å². The van der Waals surface area contributed by atoms with Crippen molar-refractivity contribution in [3.05, 3.63) is 41.3 Å². The summed E-state index contributed by atoms with van der Waals surface area (Å²) in [4.78, 5) is 24.4. The molecule has 0 saturated carbocycles. The summed E-state index contributed by atoms with van der Waals surface area (Å²) < 4.78 is 10.6.